The zero-order valence-corrected chi connectivity index (χ0v) is 15.5. The van der Waals surface area contributed by atoms with Crippen LogP contribution >= 0.6 is 11.6 Å². The summed E-state index contributed by atoms with van der Waals surface area (Å²) in [7, 11) is 0. The van der Waals surface area contributed by atoms with Crippen LogP contribution in [0.15, 0.2) is 42.5 Å². The first-order valence-electron chi connectivity index (χ1n) is 8.42. The molecule has 7 heteroatoms. The first-order chi connectivity index (χ1) is 12.5. The third-order valence-electron chi connectivity index (χ3n) is 4.33. The first-order valence-corrected chi connectivity index (χ1v) is 8.80. The molecule has 0 saturated heterocycles. The fourth-order valence-corrected chi connectivity index (χ4v) is 3.22. The van der Waals surface area contributed by atoms with Crippen molar-refractivity contribution in [2.24, 2.45) is 0 Å². The van der Waals surface area contributed by atoms with E-state index in [-0.39, 0.29) is 17.3 Å². The number of benzene rings is 2. The van der Waals surface area contributed by atoms with Gasteiger partial charge in [-0.2, -0.15) is 5.26 Å². The quantitative estimate of drug-likeness (QED) is 0.540. The van der Waals surface area contributed by atoms with Crippen molar-refractivity contribution in [1.29, 1.82) is 5.26 Å². The average molecular weight is 373 g/mol. The summed E-state index contributed by atoms with van der Waals surface area (Å²) in [5, 5.41) is 24.1. The van der Waals surface area contributed by atoms with Crippen LogP contribution in [0.5, 0.6) is 0 Å². The van der Waals surface area contributed by atoms with Gasteiger partial charge in [0.05, 0.1) is 22.6 Å². The molecule has 0 aliphatic carbocycles. The zero-order valence-electron chi connectivity index (χ0n) is 14.8. The zero-order chi connectivity index (χ0) is 19.1. The standard InChI is InChI=1S/C19H21ClN4O2/c1-3-23(4-2)19(15-7-5-6-8-16(15)20)13-22-17-10-9-14(12-21)11-18(17)24(25)26/h5-11,19,22H,3-4,13H2,1-2H3. The normalized spacial score (nSPS) is 11.8. The largest absolute Gasteiger partial charge is 0.378 e. The van der Waals surface area contributed by atoms with Crippen molar-refractivity contribution in [1.82, 2.24) is 4.90 Å². The molecule has 1 unspecified atom stereocenters. The summed E-state index contributed by atoms with van der Waals surface area (Å²) in [5.41, 5.74) is 1.51. The number of nitrogens with zero attached hydrogens (tertiary/aromatic N) is 3. The highest BCUT2D eigenvalue weighted by molar-refractivity contribution is 6.31. The summed E-state index contributed by atoms with van der Waals surface area (Å²) in [6.45, 7) is 6.24. The molecule has 2 rings (SSSR count). The highest BCUT2D eigenvalue weighted by Gasteiger charge is 2.22. The van der Waals surface area contributed by atoms with E-state index in [1.165, 1.54) is 6.07 Å². The Balaban J connectivity index is 2.32. The van der Waals surface area contributed by atoms with E-state index in [0.29, 0.717) is 17.3 Å². The van der Waals surface area contributed by atoms with Crippen LogP contribution in [0.1, 0.15) is 31.0 Å². The smallest absolute Gasteiger partial charge is 0.293 e. The molecule has 0 radical (unpaired) electrons. The van der Waals surface area contributed by atoms with Crippen molar-refractivity contribution in [2.45, 2.75) is 19.9 Å². The number of halogens is 1. The van der Waals surface area contributed by atoms with Gasteiger partial charge in [-0.1, -0.05) is 43.6 Å². The maximum atomic E-state index is 11.3. The summed E-state index contributed by atoms with van der Waals surface area (Å²) in [5.74, 6) is 0. The first kappa shape index (κ1) is 19.7. The van der Waals surface area contributed by atoms with Gasteiger partial charge < -0.3 is 5.32 Å². The Kier molecular flexibility index (Phi) is 6.96. The summed E-state index contributed by atoms with van der Waals surface area (Å²) in [6.07, 6.45) is 0. The number of nitro groups is 1. The average Bonchev–Trinajstić information content (AvgIpc) is 2.65. The highest BCUT2D eigenvalue weighted by Crippen LogP contribution is 2.30. The molecule has 1 atom stereocenters. The molecular weight excluding hydrogens is 352 g/mol. The molecule has 0 bridgehead atoms. The molecule has 26 heavy (non-hydrogen) atoms. The molecule has 0 fully saturated rings. The second-order valence-electron chi connectivity index (χ2n) is 5.74. The molecule has 0 aliphatic rings. The molecule has 2 aromatic rings. The molecule has 1 N–H and O–H groups in total. The number of rotatable bonds is 8. The molecule has 6 nitrogen and oxygen atoms in total. The molecule has 0 spiro atoms. The van der Waals surface area contributed by atoms with E-state index >= 15 is 0 Å². The number of nitrogens with one attached hydrogen (secondary N) is 1. The van der Waals surface area contributed by atoms with E-state index < -0.39 is 4.92 Å². The molecule has 0 amide bonds. The van der Waals surface area contributed by atoms with Crippen LogP contribution in [-0.2, 0) is 0 Å². The summed E-state index contributed by atoms with van der Waals surface area (Å²) >= 11 is 6.38. The van der Waals surface area contributed by atoms with Crippen molar-refractivity contribution in [3.8, 4) is 6.07 Å². The minimum absolute atomic E-state index is 0.0334. The van der Waals surface area contributed by atoms with E-state index in [1.54, 1.807) is 12.1 Å². The van der Waals surface area contributed by atoms with Crippen LogP contribution in [-0.4, -0.2) is 29.5 Å². The maximum absolute atomic E-state index is 11.3. The SMILES string of the molecule is CCN(CC)C(CNc1ccc(C#N)cc1[N+](=O)[O-])c1ccccc1Cl. The Morgan fingerprint density at radius 2 is 1.96 bits per heavy atom. The number of nitriles is 1. The van der Waals surface area contributed by atoms with Gasteiger partial charge in [-0.25, -0.2) is 0 Å². The molecule has 0 heterocycles. The van der Waals surface area contributed by atoms with E-state index in [4.69, 9.17) is 16.9 Å². The van der Waals surface area contributed by atoms with Gasteiger partial charge in [0.2, 0.25) is 0 Å². The van der Waals surface area contributed by atoms with Crippen LogP contribution in [0.4, 0.5) is 11.4 Å². The minimum Gasteiger partial charge on any atom is -0.378 e. The topological polar surface area (TPSA) is 82.2 Å². The van der Waals surface area contributed by atoms with Gasteiger partial charge in [-0.3, -0.25) is 15.0 Å². The van der Waals surface area contributed by atoms with E-state index in [0.717, 1.165) is 18.7 Å². The van der Waals surface area contributed by atoms with Gasteiger partial charge >= 0.3 is 0 Å². The lowest BCUT2D eigenvalue weighted by Crippen LogP contribution is -2.33. The Labute approximate surface area is 158 Å². The van der Waals surface area contributed by atoms with Crippen LogP contribution in [0.3, 0.4) is 0 Å². The van der Waals surface area contributed by atoms with E-state index in [9.17, 15) is 10.1 Å². The van der Waals surface area contributed by atoms with Crippen molar-refractivity contribution in [3.63, 3.8) is 0 Å². The van der Waals surface area contributed by atoms with Crippen LogP contribution < -0.4 is 5.32 Å². The fourth-order valence-electron chi connectivity index (χ4n) is 2.95. The second kappa shape index (κ2) is 9.18. The van der Waals surface area contributed by atoms with Crippen molar-refractivity contribution in [3.05, 3.63) is 68.7 Å². The minimum atomic E-state index is -0.481. The molecular formula is C19H21ClN4O2. The van der Waals surface area contributed by atoms with Crippen LogP contribution in [0.2, 0.25) is 5.02 Å². The van der Waals surface area contributed by atoms with E-state index in [1.807, 2.05) is 30.3 Å². The van der Waals surface area contributed by atoms with Gasteiger partial charge in [0, 0.05) is 17.6 Å². The third-order valence-corrected chi connectivity index (χ3v) is 4.67. The Morgan fingerprint density at radius 1 is 1.27 bits per heavy atom. The van der Waals surface area contributed by atoms with Gasteiger partial charge in [0.25, 0.3) is 5.69 Å². The maximum Gasteiger partial charge on any atom is 0.293 e. The number of hydrogen-bond acceptors (Lipinski definition) is 5. The lowest BCUT2D eigenvalue weighted by atomic mass is 10.0. The Hall–Kier alpha value is -2.62. The lowest BCUT2D eigenvalue weighted by molar-refractivity contribution is -0.384. The molecule has 136 valence electrons. The Bertz CT molecular complexity index is 815. The van der Waals surface area contributed by atoms with Crippen LogP contribution in [0, 0.1) is 21.4 Å². The predicted molar refractivity (Wildman–Crippen MR) is 103 cm³/mol. The number of anilines is 1. The molecule has 0 aliphatic heterocycles. The van der Waals surface area contributed by atoms with Crippen LogP contribution in [0.25, 0.3) is 0 Å². The van der Waals surface area contributed by atoms with Crippen molar-refractivity contribution < 1.29 is 4.92 Å². The predicted octanol–water partition coefficient (Wildman–Crippen LogP) is 4.61. The monoisotopic (exact) mass is 372 g/mol. The number of likely N-dealkylation sites (N-methyl/N-ethyl adjacent to an activating group) is 1. The number of hydrogen-bond donors (Lipinski definition) is 1. The van der Waals surface area contributed by atoms with Crippen molar-refractivity contribution >= 4 is 23.0 Å². The van der Waals surface area contributed by atoms with Crippen molar-refractivity contribution in [2.75, 3.05) is 25.0 Å². The summed E-state index contributed by atoms with van der Waals surface area (Å²) in [6, 6.07) is 13.9. The Morgan fingerprint density at radius 3 is 2.54 bits per heavy atom. The molecule has 0 aromatic heterocycles. The van der Waals surface area contributed by atoms with Gasteiger partial charge in [0.1, 0.15) is 5.69 Å². The number of nitro benzene ring substituents is 1. The van der Waals surface area contributed by atoms with Gasteiger partial charge in [-0.15, -0.1) is 0 Å². The highest BCUT2D eigenvalue weighted by atomic mass is 35.5. The summed E-state index contributed by atoms with van der Waals surface area (Å²) in [4.78, 5) is 13.1. The van der Waals surface area contributed by atoms with E-state index in [2.05, 4.69) is 24.1 Å². The summed E-state index contributed by atoms with van der Waals surface area (Å²) < 4.78 is 0. The molecule has 0 saturated carbocycles. The van der Waals surface area contributed by atoms with Gasteiger partial charge in [-0.05, 0) is 36.9 Å². The fraction of sp³-hybridized carbons (Fsp3) is 0.316. The third kappa shape index (κ3) is 4.51. The molecule has 2 aromatic carbocycles. The lowest BCUT2D eigenvalue weighted by Gasteiger charge is -2.31. The second-order valence-corrected chi connectivity index (χ2v) is 6.15. The van der Waals surface area contributed by atoms with Gasteiger partial charge in [0.15, 0.2) is 0 Å².